The van der Waals surface area contributed by atoms with Crippen LogP contribution in [0.5, 0.6) is 0 Å². The summed E-state index contributed by atoms with van der Waals surface area (Å²) in [5.74, 6) is -1.13. The number of carboxylic acids is 1. The molecule has 0 aliphatic heterocycles. The molecular weight excluding hydrogens is 246 g/mol. The van der Waals surface area contributed by atoms with Crippen LogP contribution in [0.1, 0.15) is 16.7 Å². The van der Waals surface area contributed by atoms with Gasteiger partial charge in [-0.15, -0.1) is 11.8 Å². The lowest BCUT2D eigenvalue weighted by Crippen LogP contribution is -2.24. The summed E-state index contributed by atoms with van der Waals surface area (Å²) in [6.07, 6.45) is 0. The van der Waals surface area contributed by atoms with Crippen molar-refractivity contribution in [2.45, 2.75) is 25.8 Å². The monoisotopic (exact) mass is 260 g/mol. The Morgan fingerprint density at radius 1 is 1.28 bits per heavy atom. The molecule has 3 nitrogen and oxygen atoms in total. The first-order valence-corrected chi connectivity index (χ1v) is 6.68. The second kappa shape index (κ2) is 4.98. The third-order valence-corrected chi connectivity index (χ3v) is 4.05. The molecule has 1 aromatic carbocycles. The Kier molecular flexibility index (Phi) is 3.57. The topological polar surface area (TPSA) is 53.0 Å². The third kappa shape index (κ3) is 2.48. The summed E-state index contributed by atoms with van der Waals surface area (Å²) >= 11 is 1.21. The molecule has 2 aromatic rings. The van der Waals surface area contributed by atoms with E-state index in [4.69, 9.17) is 0 Å². The van der Waals surface area contributed by atoms with Gasteiger partial charge >= 0.3 is 0 Å². The number of aliphatic carboxylic acids is 1. The number of thioether (sulfide) groups is 1. The molecule has 0 saturated heterocycles. The van der Waals surface area contributed by atoms with E-state index in [0.717, 1.165) is 27.1 Å². The molecule has 0 N–H and O–H groups in total. The van der Waals surface area contributed by atoms with E-state index in [1.54, 1.807) is 0 Å². The largest absolute Gasteiger partial charge is 0.549 e. The van der Waals surface area contributed by atoms with Gasteiger partial charge < -0.3 is 9.90 Å². The van der Waals surface area contributed by atoms with Crippen LogP contribution in [-0.4, -0.2) is 16.7 Å². The first kappa shape index (κ1) is 12.9. The minimum absolute atomic E-state index is 0.0653. The van der Waals surface area contributed by atoms with E-state index in [0.29, 0.717) is 0 Å². The van der Waals surface area contributed by atoms with Crippen LogP contribution >= 0.6 is 11.8 Å². The highest BCUT2D eigenvalue weighted by molar-refractivity contribution is 7.99. The Bertz CT molecular complexity index is 623. The van der Waals surface area contributed by atoms with Crippen LogP contribution in [-0.2, 0) is 4.79 Å². The Balaban J connectivity index is 2.52. The van der Waals surface area contributed by atoms with Crippen molar-refractivity contribution in [1.82, 2.24) is 4.98 Å². The van der Waals surface area contributed by atoms with E-state index < -0.39 is 5.97 Å². The van der Waals surface area contributed by atoms with Gasteiger partial charge in [-0.05, 0) is 43.5 Å². The zero-order chi connectivity index (χ0) is 13.3. The molecule has 0 spiro atoms. The Morgan fingerprint density at radius 2 is 2.00 bits per heavy atom. The predicted octanol–water partition coefficient (Wildman–Crippen LogP) is 2.00. The molecule has 0 atom stereocenters. The standard InChI is InChI=1S/C14H15NO2S/c1-8-4-5-11-6-9(2)14(18-7-12(16)17)15-13(11)10(8)3/h4-6H,7H2,1-3H3,(H,16,17)/p-1. The molecule has 0 fully saturated rings. The molecule has 18 heavy (non-hydrogen) atoms. The highest BCUT2D eigenvalue weighted by Crippen LogP contribution is 2.27. The first-order valence-electron chi connectivity index (χ1n) is 5.69. The van der Waals surface area contributed by atoms with Crippen molar-refractivity contribution in [3.63, 3.8) is 0 Å². The molecule has 0 aliphatic rings. The van der Waals surface area contributed by atoms with Crippen molar-refractivity contribution in [2.24, 2.45) is 0 Å². The van der Waals surface area contributed by atoms with Crippen LogP contribution in [0.4, 0.5) is 0 Å². The van der Waals surface area contributed by atoms with Crippen LogP contribution in [0, 0.1) is 20.8 Å². The van der Waals surface area contributed by atoms with Gasteiger partial charge in [-0.3, -0.25) is 0 Å². The first-order chi connectivity index (χ1) is 8.49. The van der Waals surface area contributed by atoms with Crippen LogP contribution in [0.15, 0.2) is 23.2 Å². The van der Waals surface area contributed by atoms with E-state index in [1.807, 2.05) is 32.9 Å². The highest BCUT2D eigenvalue weighted by Gasteiger charge is 2.07. The number of carbonyl (C=O) groups is 1. The van der Waals surface area contributed by atoms with Crippen LogP contribution in [0.2, 0.25) is 0 Å². The molecule has 1 aromatic heterocycles. The summed E-state index contributed by atoms with van der Waals surface area (Å²) in [5.41, 5.74) is 4.27. The number of hydrogen-bond acceptors (Lipinski definition) is 4. The summed E-state index contributed by atoms with van der Waals surface area (Å²) < 4.78 is 0. The lowest BCUT2D eigenvalue weighted by Gasteiger charge is -2.10. The van der Waals surface area contributed by atoms with Crippen molar-refractivity contribution in [3.8, 4) is 0 Å². The third-order valence-electron chi connectivity index (χ3n) is 2.98. The molecule has 1 heterocycles. The van der Waals surface area contributed by atoms with Crippen molar-refractivity contribution in [3.05, 3.63) is 34.9 Å². The van der Waals surface area contributed by atoms with Crippen LogP contribution in [0.3, 0.4) is 0 Å². The van der Waals surface area contributed by atoms with E-state index in [2.05, 4.69) is 11.1 Å². The van der Waals surface area contributed by atoms with E-state index >= 15 is 0 Å². The van der Waals surface area contributed by atoms with Gasteiger partial charge in [0.05, 0.1) is 11.5 Å². The van der Waals surface area contributed by atoms with Gasteiger partial charge in [-0.2, -0.15) is 0 Å². The van der Waals surface area contributed by atoms with E-state index in [-0.39, 0.29) is 5.75 Å². The summed E-state index contributed by atoms with van der Waals surface area (Å²) in [6.45, 7) is 6.02. The van der Waals surface area contributed by atoms with Gasteiger partial charge in [-0.1, -0.05) is 12.1 Å². The SMILES string of the molecule is Cc1cc2ccc(C)c(C)c2nc1SCC(=O)[O-]. The Morgan fingerprint density at radius 3 is 2.67 bits per heavy atom. The number of nitrogens with zero attached hydrogens (tertiary/aromatic N) is 1. The number of carboxylic acid groups (broad SMARTS) is 1. The number of aromatic nitrogens is 1. The van der Waals surface area contributed by atoms with Gasteiger partial charge in [0, 0.05) is 11.1 Å². The number of pyridine rings is 1. The molecule has 0 saturated carbocycles. The molecule has 4 heteroatoms. The maximum Gasteiger partial charge on any atom is 0.100 e. The molecule has 94 valence electrons. The molecule has 0 aliphatic carbocycles. The fourth-order valence-electron chi connectivity index (χ4n) is 1.84. The van der Waals surface area contributed by atoms with Crippen LogP contribution < -0.4 is 5.11 Å². The van der Waals surface area contributed by atoms with E-state index in [1.165, 1.54) is 17.3 Å². The number of carbonyl (C=O) groups excluding carboxylic acids is 1. The molecule has 2 rings (SSSR count). The van der Waals surface area contributed by atoms with E-state index in [9.17, 15) is 9.90 Å². The summed E-state index contributed by atoms with van der Waals surface area (Å²) in [5, 5.41) is 12.4. The number of benzene rings is 1. The van der Waals surface area contributed by atoms with Crippen molar-refractivity contribution < 1.29 is 9.90 Å². The average Bonchev–Trinajstić information content (AvgIpc) is 2.32. The van der Waals surface area contributed by atoms with Crippen molar-refractivity contribution >= 4 is 28.6 Å². The maximum absolute atomic E-state index is 10.5. The van der Waals surface area contributed by atoms with Crippen LogP contribution in [0.25, 0.3) is 10.9 Å². The number of hydrogen-bond donors (Lipinski definition) is 0. The van der Waals surface area contributed by atoms with Gasteiger partial charge in [-0.25, -0.2) is 4.98 Å². The zero-order valence-electron chi connectivity index (χ0n) is 10.6. The van der Waals surface area contributed by atoms with Gasteiger partial charge in [0.2, 0.25) is 0 Å². The molecule has 0 radical (unpaired) electrons. The smallest absolute Gasteiger partial charge is 0.100 e. The average molecular weight is 260 g/mol. The predicted molar refractivity (Wildman–Crippen MR) is 71.7 cm³/mol. The van der Waals surface area contributed by atoms with Gasteiger partial charge in [0.1, 0.15) is 5.03 Å². The van der Waals surface area contributed by atoms with Crippen molar-refractivity contribution in [2.75, 3.05) is 5.75 Å². The normalized spacial score (nSPS) is 10.8. The lowest BCUT2D eigenvalue weighted by atomic mass is 10.0. The second-order valence-electron chi connectivity index (χ2n) is 4.35. The number of fused-ring (bicyclic) bond motifs is 1. The zero-order valence-corrected chi connectivity index (χ0v) is 11.4. The minimum Gasteiger partial charge on any atom is -0.549 e. The molecule has 0 amide bonds. The van der Waals surface area contributed by atoms with Crippen molar-refractivity contribution in [1.29, 1.82) is 0 Å². The maximum atomic E-state index is 10.5. The highest BCUT2D eigenvalue weighted by atomic mass is 32.2. The number of aryl methyl sites for hydroxylation is 3. The van der Waals surface area contributed by atoms with Gasteiger partial charge in [0.15, 0.2) is 0 Å². The molecule has 0 unspecified atom stereocenters. The second-order valence-corrected chi connectivity index (χ2v) is 5.31. The lowest BCUT2D eigenvalue weighted by molar-refractivity contribution is -0.301. The summed E-state index contributed by atoms with van der Waals surface area (Å²) in [7, 11) is 0. The fourth-order valence-corrected chi connectivity index (χ4v) is 2.54. The van der Waals surface area contributed by atoms with Gasteiger partial charge in [0.25, 0.3) is 0 Å². The fraction of sp³-hybridized carbons (Fsp3) is 0.286. The number of rotatable bonds is 3. The Labute approximate surface area is 110 Å². The Hall–Kier alpha value is -1.55. The summed E-state index contributed by atoms with van der Waals surface area (Å²) in [6, 6.07) is 6.17. The molecule has 0 bridgehead atoms. The quantitative estimate of drug-likeness (QED) is 0.792. The summed E-state index contributed by atoms with van der Waals surface area (Å²) in [4.78, 5) is 15.1. The minimum atomic E-state index is -1.07. The molecular formula is C14H14NO2S-.